The number of carbonyl (C=O) groups is 1. The number of ether oxygens (including phenoxy) is 1. The number of rotatable bonds is 8. The molecule has 110 valence electrons. The van der Waals surface area contributed by atoms with Crippen LogP contribution in [0.25, 0.3) is 0 Å². The molecule has 1 heterocycles. The van der Waals surface area contributed by atoms with Gasteiger partial charge in [0.2, 0.25) is 5.91 Å². The molecule has 0 aromatic rings. The Kier molecular flexibility index (Phi) is 7.93. The number of nitrogens with two attached hydrogens (primary N) is 1. The zero-order valence-electron chi connectivity index (χ0n) is 11.7. The molecule has 0 radical (unpaired) electrons. The van der Waals surface area contributed by atoms with Crippen LogP contribution in [0.1, 0.15) is 32.6 Å². The number of piperidine rings is 1. The predicted octanol–water partition coefficient (Wildman–Crippen LogP) is 0.670. The first-order valence-corrected chi connectivity index (χ1v) is 7.40. The lowest BCUT2D eigenvalue weighted by atomic mass is 10.0. The summed E-state index contributed by atoms with van der Waals surface area (Å²) in [5.74, 6) is 0.132. The molecule has 5 nitrogen and oxygen atoms in total. The molecule has 1 amide bonds. The van der Waals surface area contributed by atoms with Gasteiger partial charge in [0, 0.05) is 45.3 Å². The molecule has 1 aliphatic heterocycles. The number of carbonyl (C=O) groups excluding carboxylic acids is 1. The number of hydrogen-bond acceptors (Lipinski definition) is 4. The number of nitrogens with zero attached hydrogens (tertiary/aromatic N) is 1. The van der Waals surface area contributed by atoms with Gasteiger partial charge in [0.05, 0.1) is 4.99 Å². The lowest BCUT2D eigenvalue weighted by Gasteiger charge is -2.31. The lowest BCUT2D eigenvalue weighted by Crippen LogP contribution is -2.46. The van der Waals surface area contributed by atoms with Crippen molar-refractivity contribution >= 4 is 23.1 Å². The first kappa shape index (κ1) is 16.3. The number of nitrogens with one attached hydrogen (secondary N) is 1. The normalized spacial score (nSPS) is 17.3. The van der Waals surface area contributed by atoms with Gasteiger partial charge in [-0.3, -0.25) is 9.69 Å². The maximum atomic E-state index is 11.7. The van der Waals surface area contributed by atoms with Crippen LogP contribution in [-0.2, 0) is 9.53 Å². The van der Waals surface area contributed by atoms with E-state index in [9.17, 15) is 4.79 Å². The summed E-state index contributed by atoms with van der Waals surface area (Å²) >= 11 is 4.90. The van der Waals surface area contributed by atoms with Gasteiger partial charge >= 0.3 is 0 Å². The van der Waals surface area contributed by atoms with Crippen LogP contribution in [-0.4, -0.2) is 54.7 Å². The third-order valence-electron chi connectivity index (χ3n) is 3.23. The second-order valence-electron chi connectivity index (χ2n) is 4.88. The van der Waals surface area contributed by atoms with Gasteiger partial charge in [-0.1, -0.05) is 12.2 Å². The largest absolute Gasteiger partial charge is 0.392 e. The molecule has 1 saturated heterocycles. The van der Waals surface area contributed by atoms with Gasteiger partial charge in [-0.15, -0.1) is 0 Å². The van der Waals surface area contributed by atoms with E-state index in [1.807, 2.05) is 6.92 Å². The molecule has 6 heteroatoms. The predicted molar refractivity (Wildman–Crippen MR) is 80.1 cm³/mol. The Labute approximate surface area is 120 Å². The summed E-state index contributed by atoms with van der Waals surface area (Å²) in [5, 5.41) is 3.08. The third-order valence-corrected chi connectivity index (χ3v) is 3.36. The van der Waals surface area contributed by atoms with Gasteiger partial charge in [0.1, 0.15) is 0 Å². The molecule has 0 aliphatic carbocycles. The van der Waals surface area contributed by atoms with Gasteiger partial charge in [-0.25, -0.2) is 0 Å². The summed E-state index contributed by atoms with van der Waals surface area (Å²) in [4.78, 5) is 14.5. The summed E-state index contributed by atoms with van der Waals surface area (Å²) in [6.45, 7) is 5.91. The van der Waals surface area contributed by atoms with Crippen LogP contribution in [0.5, 0.6) is 0 Å². The number of hydrogen-bond donors (Lipinski definition) is 2. The molecular formula is C13H25N3O2S. The molecule has 0 aromatic heterocycles. The van der Waals surface area contributed by atoms with Crippen molar-refractivity contribution in [2.45, 2.75) is 38.6 Å². The van der Waals surface area contributed by atoms with Gasteiger partial charge in [0.15, 0.2) is 0 Å². The molecule has 3 N–H and O–H groups in total. The minimum absolute atomic E-state index is 0.132. The van der Waals surface area contributed by atoms with Gasteiger partial charge in [-0.05, 0) is 26.2 Å². The average molecular weight is 287 g/mol. The van der Waals surface area contributed by atoms with E-state index in [2.05, 4.69) is 10.2 Å². The number of likely N-dealkylation sites (tertiary alicyclic amines) is 1. The Morgan fingerprint density at radius 1 is 1.47 bits per heavy atom. The molecule has 19 heavy (non-hydrogen) atoms. The monoisotopic (exact) mass is 287 g/mol. The highest BCUT2D eigenvalue weighted by Crippen LogP contribution is 2.10. The fraction of sp³-hybridized carbons (Fsp3) is 0.846. The lowest BCUT2D eigenvalue weighted by molar-refractivity contribution is -0.122. The highest BCUT2D eigenvalue weighted by atomic mass is 32.1. The van der Waals surface area contributed by atoms with E-state index in [1.165, 1.54) is 0 Å². The van der Waals surface area contributed by atoms with Crippen molar-refractivity contribution in [2.75, 3.05) is 32.8 Å². The maximum absolute atomic E-state index is 11.7. The molecule has 0 bridgehead atoms. The SMILES string of the molecule is CCOCCCC(=O)NC1CCN(CC(N)=S)CC1. The Balaban J connectivity index is 2.11. The van der Waals surface area contributed by atoms with Crippen LogP contribution in [0.4, 0.5) is 0 Å². The molecule has 1 aliphatic rings. The Morgan fingerprint density at radius 3 is 2.74 bits per heavy atom. The summed E-state index contributed by atoms with van der Waals surface area (Å²) in [6, 6.07) is 0.294. The topological polar surface area (TPSA) is 67.6 Å². The molecule has 0 spiro atoms. The first-order chi connectivity index (χ1) is 9.11. The van der Waals surface area contributed by atoms with E-state index < -0.39 is 0 Å². The fourth-order valence-corrected chi connectivity index (χ4v) is 2.42. The minimum atomic E-state index is 0.132. The number of thiocarbonyl (C=S) groups is 1. The molecule has 0 unspecified atom stereocenters. The quantitative estimate of drug-likeness (QED) is 0.507. The van der Waals surface area contributed by atoms with Crippen LogP contribution in [0.2, 0.25) is 0 Å². The standard InChI is InChI=1S/C13H25N3O2S/c1-2-18-9-3-4-13(17)15-11-5-7-16(8-6-11)10-12(14)19/h11H,2-10H2,1H3,(H2,14,19)(H,15,17). The summed E-state index contributed by atoms with van der Waals surface area (Å²) in [5.41, 5.74) is 5.53. The summed E-state index contributed by atoms with van der Waals surface area (Å²) in [6.07, 6.45) is 3.28. The molecule has 0 aromatic carbocycles. The van der Waals surface area contributed by atoms with Crippen molar-refractivity contribution in [3.63, 3.8) is 0 Å². The van der Waals surface area contributed by atoms with E-state index in [1.54, 1.807) is 0 Å². The molecule has 1 rings (SSSR count). The second kappa shape index (κ2) is 9.23. The second-order valence-corrected chi connectivity index (χ2v) is 5.41. The van der Waals surface area contributed by atoms with Crippen molar-refractivity contribution in [3.8, 4) is 0 Å². The molecule has 0 saturated carbocycles. The van der Waals surface area contributed by atoms with Crippen molar-refractivity contribution in [1.82, 2.24) is 10.2 Å². The van der Waals surface area contributed by atoms with Crippen LogP contribution >= 0.6 is 12.2 Å². The minimum Gasteiger partial charge on any atom is -0.392 e. The smallest absolute Gasteiger partial charge is 0.220 e. The highest BCUT2D eigenvalue weighted by Gasteiger charge is 2.20. The van der Waals surface area contributed by atoms with Crippen LogP contribution in [0.3, 0.4) is 0 Å². The van der Waals surface area contributed by atoms with Gasteiger partial charge in [-0.2, -0.15) is 0 Å². The van der Waals surface area contributed by atoms with E-state index in [0.717, 1.165) is 32.4 Å². The van der Waals surface area contributed by atoms with Crippen molar-refractivity contribution in [2.24, 2.45) is 5.73 Å². The van der Waals surface area contributed by atoms with Crippen molar-refractivity contribution in [3.05, 3.63) is 0 Å². The molecular weight excluding hydrogens is 262 g/mol. The van der Waals surface area contributed by atoms with E-state index in [4.69, 9.17) is 22.7 Å². The van der Waals surface area contributed by atoms with E-state index in [0.29, 0.717) is 37.2 Å². The van der Waals surface area contributed by atoms with Crippen LogP contribution in [0.15, 0.2) is 0 Å². The van der Waals surface area contributed by atoms with Crippen molar-refractivity contribution < 1.29 is 9.53 Å². The highest BCUT2D eigenvalue weighted by molar-refractivity contribution is 7.80. The van der Waals surface area contributed by atoms with Gasteiger partial charge in [0.25, 0.3) is 0 Å². The zero-order valence-corrected chi connectivity index (χ0v) is 12.5. The Morgan fingerprint density at radius 2 is 2.16 bits per heavy atom. The third kappa shape index (κ3) is 7.44. The molecule has 1 fully saturated rings. The number of amides is 1. The molecule has 0 atom stereocenters. The summed E-state index contributed by atoms with van der Waals surface area (Å²) in [7, 11) is 0. The van der Waals surface area contributed by atoms with E-state index in [-0.39, 0.29) is 5.91 Å². The Hall–Kier alpha value is -0.720. The van der Waals surface area contributed by atoms with E-state index >= 15 is 0 Å². The van der Waals surface area contributed by atoms with Crippen molar-refractivity contribution in [1.29, 1.82) is 0 Å². The average Bonchev–Trinajstić information content (AvgIpc) is 2.36. The van der Waals surface area contributed by atoms with Crippen LogP contribution in [0, 0.1) is 0 Å². The Bertz CT molecular complexity index is 292. The van der Waals surface area contributed by atoms with Gasteiger partial charge < -0.3 is 15.8 Å². The van der Waals surface area contributed by atoms with Crippen LogP contribution < -0.4 is 11.1 Å². The zero-order chi connectivity index (χ0) is 14.1. The summed E-state index contributed by atoms with van der Waals surface area (Å²) < 4.78 is 5.21. The fourth-order valence-electron chi connectivity index (χ4n) is 2.23. The maximum Gasteiger partial charge on any atom is 0.220 e. The first-order valence-electron chi connectivity index (χ1n) is 6.99.